The van der Waals surface area contributed by atoms with Gasteiger partial charge in [0.15, 0.2) is 0 Å². The molecule has 1 unspecified atom stereocenters. The molecule has 0 aliphatic heterocycles. The largest absolute Gasteiger partial charge is 0.505 e. The quantitative estimate of drug-likeness (QED) is 0.508. The van der Waals surface area contributed by atoms with Crippen LogP contribution < -0.4 is 4.74 Å². The number of aliphatic hydroxyl groups excluding tert-OH is 1. The van der Waals surface area contributed by atoms with Gasteiger partial charge < -0.3 is 19.7 Å². The van der Waals surface area contributed by atoms with Crippen LogP contribution in [-0.4, -0.2) is 51.1 Å². The third-order valence-electron chi connectivity index (χ3n) is 4.26. The average molecular weight is 425 g/mol. The van der Waals surface area contributed by atoms with Crippen LogP contribution in [0.1, 0.15) is 25.3 Å². The van der Waals surface area contributed by atoms with Gasteiger partial charge in [-0.2, -0.15) is 13.2 Å². The van der Waals surface area contributed by atoms with E-state index in [1.807, 2.05) is 6.92 Å². The summed E-state index contributed by atoms with van der Waals surface area (Å²) in [7, 11) is 0. The highest BCUT2D eigenvalue weighted by atomic mass is 19.4. The van der Waals surface area contributed by atoms with Crippen LogP contribution in [0.5, 0.6) is 11.5 Å². The van der Waals surface area contributed by atoms with Crippen molar-refractivity contribution in [2.24, 2.45) is 0 Å². The first-order valence-electron chi connectivity index (χ1n) is 9.44. The van der Waals surface area contributed by atoms with E-state index in [1.54, 1.807) is 0 Å². The highest BCUT2D eigenvalue weighted by Crippen LogP contribution is 2.31. The van der Waals surface area contributed by atoms with Gasteiger partial charge in [0.1, 0.15) is 40.9 Å². The summed E-state index contributed by atoms with van der Waals surface area (Å²) in [5, 5.41) is 28.2. The molecule has 0 saturated heterocycles. The second-order valence-electron chi connectivity index (χ2n) is 6.73. The van der Waals surface area contributed by atoms with Gasteiger partial charge in [-0.3, -0.25) is 0 Å². The summed E-state index contributed by atoms with van der Waals surface area (Å²) >= 11 is 0. The lowest BCUT2D eigenvalue weighted by molar-refractivity contribution is -0.137. The number of hydrogen-bond acceptors (Lipinski definition) is 6. The Bertz CT molecular complexity index is 991. The van der Waals surface area contributed by atoms with Gasteiger partial charge in [-0.25, -0.2) is 0 Å². The molecule has 2 aromatic carbocycles. The van der Waals surface area contributed by atoms with Crippen molar-refractivity contribution >= 4 is 11.0 Å². The maximum absolute atomic E-state index is 12.9. The predicted octanol–water partition coefficient (Wildman–Crippen LogP) is 3.70. The number of ether oxygens (including phenoxy) is 2. The molecular formula is C20H22F3N3O4. The lowest BCUT2D eigenvalue weighted by Crippen LogP contribution is -2.23. The van der Waals surface area contributed by atoms with Crippen LogP contribution in [0.25, 0.3) is 16.7 Å². The monoisotopic (exact) mass is 425 g/mol. The summed E-state index contributed by atoms with van der Waals surface area (Å²) < 4.78 is 49.3. The summed E-state index contributed by atoms with van der Waals surface area (Å²) in [5.41, 5.74) is -0.340. The number of phenolic OH excluding ortho intramolecular Hbond substituents is 1. The lowest BCUT2D eigenvalue weighted by atomic mass is 10.2. The Kier molecular flexibility index (Phi) is 6.78. The number of phenols is 1. The predicted molar refractivity (Wildman–Crippen MR) is 103 cm³/mol. The van der Waals surface area contributed by atoms with Gasteiger partial charge in [-0.15, -0.1) is 15.0 Å². The molecule has 1 heterocycles. The van der Waals surface area contributed by atoms with E-state index < -0.39 is 17.8 Å². The Morgan fingerprint density at radius 2 is 1.83 bits per heavy atom. The van der Waals surface area contributed by atoms with Crippen molar-refractivity contribution in [3.8, 4) is 17.2 Å². The fraction of sp³-hybridized carbons (Fsp3) is 0.400. The third-order valence-corrected chi connectivity index (χ3v) is 4.26. The second-order valence-corrected chi connectivity index (χ2v) is 6.73. The molecule has 3 aromatic rings. The zero-order valence-electron chi connectivity index (χ0n) is 16.3. The number of aromatic hydroxyl groups is 1. The first-order valence-corrected chi connectivity index (χ1v) is 9.44. The highest BCUT2D eigenvalue weighted by Gasteiger charge is 2.31. The van der Waals surface area contributed by atoms with Crippen LogP contribution in [0, 0.1) is 0 Å². The number of unbranched alkanes of at least 4 members (excludes halogenated alkanes) is 1. The molecule has 0 radical (unpaired) electrons. The van der Waals surface area contributed by atoms with E-state index in [2.05, 4.69) is 10.2 Å². The standard InChI is InChI=1S/C20H22F3N3O4/c1-2-3-8-29-11-14(27)12-30-15-5-7-18(19(28)10-15)26-24-16-6-4-13(20(21,22)23)9-17(16)25-26/h4-7,9-10,14,27-28H,2-3,8,11-12H2,1H3. The molecule has 0 fully saturated rings. The van der Waals surface area contributed by atoms with Crippen molar-refractivity contribution in [1.29, 1.82) is 0 Å². The Hall–Kier alpha value is -2.85. The molecule has 30 heavy (non-hydrogen) atoms. The molecular weight excluding hydrogens is 403 g/mol. The van der Waals surface area contributed by atoms with E-state index in [-0.39, 0.29) is 35.7 Å². The van der Waals surface area contributed by atoms with Gasteiger partial charge in [0.25, 0.3) is 0 Å². The lowest BCUT2D eigenvalue weighted by Gasteiger charge is -2.13. The molecule has 0 aliphatic rings. The zero-order valence-corrected chi connectivity index (χ0v) is 16.3. The Morgan fingerprint density at radius 3 is 2.53 bits per heavy atom. The molecule has 1 atom stereocenters. The van der Waals surface area contributed by atoms with Crippen LogP contribution in [0.2, 0.25) is 0 Å². The fourth-order valence-corrected chi connectivity index (χ4v) is 2.67. The highest BCUT2D eigenvalue weighted by molar-refractivity contribution is 5.75. The minimum absolute atomic E-state index is 0.0188. The maximum atomic E-state index is 12.9. The molecule has 0 aliphatic carbocycles. The second kappa shape index (κ2) is 9.31. The first-order chi connectivity index (χ1) is 14.3. The first kappa shape index (κ1) is 21.8. The summed E-state index contributed by atoms with van der Waals surface area (Å²) in [4.78, 5) is 1.06. The molecule has 0 spiro atoms. The SMILES string of the molecule is CCCCOCC(O)COc1ccc(-n2nc3ccc(C(F)(F)F)cc3n2)c(O)c1. The molecule has 0 saturated carbocycles. The van der Waals surface area contributed by atoms with Gasteiger partial charge >= 0.3 is 6.18 Å². The van der Waals surface area contributed by atoms with Crippen molar-refractivity contribution in [1.82, 2.24) is 15.0 Å². The fourth-order valence-electron chi connectivity index (χ4n) is 2.67. The van der Waals surface area contributed by atoms with Gasteiger partial charge in [-0.1, -0.05) is 13.3 Å². The van der Waals surface area contributed by atoms with Crippen LogP contribution in [0.4, 0.5) is 13.2 Å². The Morgan fingerprint density at radius 1 is 1.07 bits per heavy atom. The van der Waals surface area contributed by atoms with E-state index in [1.165, 1.54) is 24.3 Å². The van der Waals surface area contributed by atoms with Gasteiger partial charge in [0.2, 0.25) is 0 Å². The summed E-state index contributed by atoms with van der Waals surface area (Å²) in [6.45, 7) is 2.74. The van der Waals surface area contributed by atoms with Crippen LogP contribution in [0.3, 0.4) is 0 Å². The van der Waals surface area contributed by atoms with E-state index in [0.717, 1.165) is 29.8 Å². The van der Waals surface area contributed by atoms with E-state index in [9.17, 15) is 23.4 Å². The topological polar surface area (TPSA) is 89.6 Å². The van der Waals surface area contributed by atoms with Gasteiger partial charge in [0.05, 0.1) is 12.2 Å². The summed E-state index contributed by atoms with van der Waals surface area (Å²) in [5.74, 6) is 0.0810. The number of rotatable bonds is 9. The minimum atomic E-state index is -4.48. The number of aliphatic hydroxyl groups is 1. The molecule has 10 heteroatoms. The van der Waals surface area contributed by atoms with Gasteiger partial charge in [0, 0.05) is 12.7 Å². The molecule has 3 rings (SSSR count). The number of aromatic nitrogens is 3. The van der Waals surface area contributed by atoms with Crippen molar-refractivity contribution in [2.75, 3.05) is 19.8 Å². The smallest absolute Gasteiger partial charge is 0.416 e. The van der Waals surface area contributed by atoms with Crippen molar-refractivity contribution in [3.63, 3.8) is 0 Å². The molecule has 0 bridgehead atoms. The number of benzene rings is 2. The van der Waals surface area contributed by atoms with Crippen LogP contribution in [-0.2, 0) is 10.9 Å². The van der Waals surface area contributed by atoms with Gasteiger partial charge in [-0.05, 0) is 36.8 Å². The Balaban J connectivity index is 1.68. The number of nitrogens with zero attached hydrogens (tertiary/aromatic N) is 3. The third kappa shape index (κ3) is 5.39. The van der Waals surface area contributed by atoms with Crippen molar-refractivity contribution < 1.29 is 32.9 Å². The van der Waals surface area contributed by atoms with Crippen molar-refractivity contribution in [2.45, 2.75) is 32.0 Å². The van der Waals surface area contributed by atoms with E-state index >= 15 is 0 Å². The average Bonchev–Trinajstić information content (AvgIpc) is 3.12. The van der Waals surface area contributed by atoms with Crippen LogP contribution in [0.15, 0.2) is 36.4 Å². The Labute approximate surface area is 170 Å². The van der Waals surface area contributed by atoms with Crippen molar-refractivity contribution in [3.05, 3.63) is 42.0 Å². The number of halogens is 3. The molecule has 162 valence electrons. The number of fused-ring (bicyclic) bond motifs is 1. The number of alkyl halides is 3. The minimum Gasteiger partial charge on any atom is -0.505 e. The molecule has 0 amide bonds. The summed E-state index contributed by atoms with van der Waals surface area (Å²) in [6.07, 6.45) is -3.38. The molecule has 1 aromatic heterocycles. The normalized spacial score (nSPS) is 13.0. The number of hydrogen-bond donors (Lipinski definition) is 2. The molecule has 2 N–H and O–H groups in total. The summed E-state index contributed by atoms with van der Waals surface area (Å²) in [6, 6.07) is 7.37. The van der Waals surface area contributed by atoms with E-state index in [0.29, 0.717) is 12.4 Å². The maximum Gasteiger partial charge on any atom is 0.416 e. The zero-order chi connectivity index (χ0) is 21.7. The van der Waals surface area contributed by atoms with Crippen LogP contribution >= 0.6 is 0 Å². The molecule has 7 nitrogen and oxygen atoms in total. The van der Waals surface area contributed by atoms with E-state index in [4.69, 9.17) is 9.47 Å².